The van der Waals surface area contributed by atoms with Gasteiger partial charge in [-0.25, -0.2) is 4.79 Å². The van der Waals surface area contributed by atoms with Gasteiger partial charge in [0.25, 0.3) is 0 Å². The van der Waals surface area contributed by atoms with Crippen LogP contribution in [-0.4, -0.2) is 16.8 Å². The van der Waals surface area contributed by atoms with Crippen molar-refractivity contribution in [1.82, 2.24) is 0 Å². The summed E-state index contributed by atoms with van der Waals surface area (Å²) in [4.78, 5) is 10.7. The van der Waals surface area contributed by atoms with E-state index in [2.05, 4.69) is 10.5 Å². The van der Waals surface area contributed by atoms with Crippen molar-refractivity contribution in [2.24, 2.45) is 10.8 Å². The molecule has 0 aliphatic carbocycles. The van der Waals surface area contributed by atoms with Crippen LogP contribution >= 0.6 is 0 Å². The molecule has 0 fully saturated rings. The van der Waals surface area contributed by atoms with Gasteiger partial charge < -0.3 is 10.8 Å². The summed E-state index contributed by atoms with van der Waals surface area (Å²) in [6, 6.07) is 10.3. The maximum absolute atomic E-state index is 10.7. The number of anilines is 1. The van der Waals surface area contributed by atoms with Gasteiger partial charge in [0.15, 0.2) is 11.3 Å². The molecule has 0 unspecified atom stereocenters. The Morgan fingerprint density at radius 1 is 1.14 bits per heavy atom. The van der Waals surface area contributed by atoms with Crippen LogP contribution in [0.1, 0.15) is 10.4 Å². The number of carboxylic acids is 1. The van der Waals surface area contributed by atoms with Gasteiger partial charge >= 0.3 is 5.97 Å². The van der Waals surface area contributed by atoms with E-state index in [0.717, 1.165) is 0 Å². The molecular weight excluding hydrogens is 272 g/mol. The molecule has 0 saturated heterocycles. The standard InChI is InChI=1S/C13H8N6O2/c14-5-9(6-15)12(17)11(7-16)19-18-10-3-1-8(2-4-10)13(20)21/h1-4,18H,17H2,(H,20,21)/b19-11-. The molecule has 0 aliphatic rings. The van der Waals surface area contributed by atoms with E-state index in [0.29, 0.717) is 5.69 Å². The molecule has 0 aliphatic heterocycles. The maximum Gasteiger partial charge on any atom is 0.335 e. The van der Waals surface area contributed by atoms with Crippen molar-refractivity contribution in [3.8, 4) is 18.2 Å². The number of nitrogens with two attached hydrogens (primary N) is 1. The highest BCUT2D eigenvalue weighted by atomic mass is 16.4. The number of carbonyl (C=O) groups is 1. The Balaban J connectivity index is 3.00. The molecule has 102 valence electrons. The molecule has 0 spiro atoms. The molecule has 1 aromatic rings. The number of carboxylic acid groups (broad SMARTS) is 1. The molecule has 0 atom stereocenters. The summed E-state index contributed by atoms with van der Waals surface area (Å²) in [6.07, 6.45) is 0. The molecule has 0 aromatic heterocycles. The minimum Gasteiger partial charge on any atom is -0.478 e. The number of aromatic carboxylic acids is 1. The van der Waals surface area contributed by atoms with E-state index in [9.17, 15) is 4.79 Å². The van der Waals surface area contributed by atoms with Crippen molar-refractivity contribution in [2.75, 3.05) is 5.43 Å². The third kappa shape index (κ3) is 3.82. The molecular formula is C13H8N6O2. The van der Waals surface area contributed by atoms with Crippen molar-refractivity contribution >= 4 is 17.4 Å². The predicted molar refractivity (Wildman–Crippen MR) is 72.5 cm³/mol. The summed E-state index contributed by atoms with van der Waals surface area (Å²) in [6.45, 7) is 0. The van der Waals surface area contributed by atoms with E-state index in [-0.39, 0.29) is 17.0 Å². The molecule has 0 amide bonds. The summed E-state index contributed by atoms with van der Waals surface area (Å²) in [5, 5.41) is 38.6. The molecule has 0 bridgehead atoms. The van der Waals surface area contributed by atoms with Gasteiger partial charge in [0, 0.05) is 0 Å². The maximum atomic E-state index is 10.7. The quantitative estimate of drug-likeness (QED) is 0.420. The van der Waals surface area contributed by atoms with E-state index < -0.39 is 11.5 Å². The van der Waals surface area contributed by atoms with Gasteiger partial charge in [0.05, 0.1) is 16.9 Å². The van der Waals surface area contributed by atoms with E-state index in [4.69, 9.17) is 26.6 Å². The topological polar surface area (TPSA) is 159 Å². The second kappa shape index (κ2) is 6.93. The van der Waals surface area contributed by atoms with E-state index >= 15 is 0 Å². The third-order valence-corrected chi connectivity index (χ3v) is 2.28. The first-order chi connectivity index (χ1) is 10.0. The first kappa shape index (κ1) is 15.2. The number of benzene rings is 1. The van der Waals surface area contributed by atoms with Crippen molar-refractivity contribution in [3.05, 3.63) is 41.1 Å². The van der Waals surface area contributed by atoms with Crippen LogP contribution in [-0.2, 0) is 0 Å². The highest BCUT2D eigenvalue weighted by Crippen LogP contribution is 2.10. The summed E-state index contributed by atoms with van der Waals surface area (Å²) < 4.78 is 0. The average Bonchev–Trinajstić information content (AvgIpc) is 2.49. The first-order valence-corrected chi connectivity index (χ1v) is 5.41. The van der Waals surface area contributed by atoms with Gasteiger partial charge in [-0.15, -0.1) is 0 Å². The molecule has 0 radical (unpaired) electrons. The van der Waals surface area contributed by atoms with Crippen molar-refractivity contribution < 1.29 is 9.90 Å². The van der Waals surface area contributed by atoms with Crippen molar-refractivity contribution in [2.45, 2.75) is 0 Å². The van der Waals surface area contributed by atoms with Crippen LogP contribution in [0.3, 0.4) is 0 Å². The molecule has 0 heterocycles. The minimum atomic E-state index is -1.07. The molecule has 8 nitrogen and oxygen atoms in total. The number of nitrogens with zero attached hydrogens (tertiary/aromatic N) is 4. The second-order valence-electron chi connectivity index (χ2n) is 3.58. The summed E-state index contributed by atoms with van der Waals surface area (Å²) in [5.74, 6) is -1.07. The number of hydrazone groups is 1. The highest BCUT2D eigenvalue weighted by Gasteiger charge is 2.09. The summed E-state index contributed by atoms with van der Waals surface area (Å²) in [5.41, 5.74) is 7.40. The van der Waals surface area contributed by atoms with Gasteiger partial charge in [-0.2, -0.15) is 20.9 Å². The fraction of sp³-hybridized carbons (Fsp3) is 0. The minimum absolute atomic E-state index is 0.0979. The lowest BCUT2D eigenvalue weighted by Gasteiger charge is -2.02. The zero-order valence-corrected chi connectivity index (χ0v) is 10.5. The Morgan fingerprint density at radius 3 is 2.14 bits per heavy atom. The van der Waals surface area contributed by atoms with E-state index in [1.54, 1.807) is 18.2 Å². The summed E-state index contributed by atoms with van der Waals surface area (Å²) in [7, 11) is 0. The van der Waals surface area contributed by atoms with E-state index in [1.165, 1.54) is 24.3 Å². The van der Waals surface area contributed by atoms with Gasteiger partial charge in [0.1, 0.15) is 18.2 Å². The molecule has 8 heteroatoms. The van der Waals surface area contributed by atoms with Gasteiger partial charge in [-0.05, 0) is 24.3 Å². The lowest BCUT2D eigenvalue weighted by atomic mass is 10.2. The smallest absolute Gasteiger partial charge is 0.335 e. The van der Waals surface area contributed by atoms with Crippen LogP contribution in [0.2, 0.25) is 0 Å². The normalized spacial score (nSPS) is 9.67. The third-order valence-electron chi connectivity index (χ3n) is 2.28. The van der Waals surface area contributed by atoms with Gasteiger partial charge in [-0.3, -0.25) is 5.43 Å². The second-order valence-corrected chi connectivity index (χ2v) is 3.58. The number of rotatable bonds is 4. The SMILES string of the molecule is N#CC(C#N)=C(N)/C(C#N)=N\Nc1ccc(C(=O)O)cc1. The largest absolute Gasteiger partial charge is 0.478 e. The van der Waals surface area contributed by atoms with Crippen LogP contribution in [0.4, 0.5) is 5.69 Å². The first-order valence-electron chi connectivity index (χ1n) is 5.41. The number of hydrogen-bond acceptors (Lipinski definition) is 7. The molecule has 1 rings (SSSR count). The van der Waals surface area contributed by atoms with Crippen LogP contribution in [0.5, 0.6) is 0 Å². The zero-order chi connectivity index (χ0) is 15.8. The van der Waals surface area contributed by atoms with Crippen LogP contribution in [0, 0.1) is 34.0 Å². The van der Waals surface area contributed by atoms with Crippen molar-refractivity contribution in [3.63, 3.8) is 0 Å². The molecule has 1 aromatic carbocycles. The van der Waals surface area contributed by atoms with E-state index in [1.807, 2.05) is 0 Å². The van der Waals surface area contributed by atoms with Gasteiger partial charge in [0.2, 0.25) is 0 Å². The molecule has 21 heavy (non-hydrogen) atoms. The Hall–Kier alpha value is -3.83. The van der Waals surface area contributed by atoms with Crippen LogP contribution < -0.4 is 11.2 Å². The fourth-order valence-electron chi connectivity index (χ4n) is 1.22. The van der Waals surface area contributed by atoms with Crippen molar-refractivity contribution in [1.29, 1.82) is 15.8 Å². The number of nitriles is 3. The monoisotopic (exact) mass is 280 g/mol. The Morgan fingerprint density at radius 2 is 1.71 bits per heavy atom. The molecule has 0 saturated carbocycles. The predicted octanol–water partition coefficient (Wildman–Crippen LogP) is 0.936. The zero-order valence-electron chi connectivity index (χ0n) is 10.5. The Kier molecular flexibility index (Phi) is 5.03. The number of allylic oxidation sites excluding steroid dienone is 2. The lowest BCUT2D eigenvalue weighted by molar-refractivity contribution is 0.0697. The highest BCUT2D eigenvalue weighted by molar-refractivity contribution is 6.12. The number of nitrogens with one attached hydrogen (secondary N) is 1. The van der Waals surface area contributed by atoms with Gasteiger partial charge in [-0.1, -0.05) is 0 Å². The Labute approximate surface area is 119 Å². The fourth-order valence-corrected chi connectivity index (χ4v) is 1.22. The lowest BCUT2D eigenvalue weighted by Crippen LogP contribution is -2.13. The molecule has 4 N–H and O–H groups in total. The number of hydrogen-bond donors (Lipinski definition) is 3. The average molecular weight is 280 g/mol. The summed E-state index contributed by atoms with van der Waals surface area (Å²) >= 11 is 0. The van der Waals surface area contributed by atoms with Crippen LogP contribution in [0.25, 0.3) is 0 Å². The van der Waals surface area contributed by atoms with Crippen LogP contribution in [0.15, 0.2) is 40.6 Å². The Bertz CT molecular complexity index is 725.